The zero-order valence-electron chi connectivity index (χ0n) is 13.7. The van der Waals surface area contributed by atoms with E-state index in [0.717, 1.165) is 37.2 Å². The van der Waals surface area contributed by atoms with Crippen LogP contribution in [0.4, 0.5) is 0 Å². The second-order valence-electron chi connectivity index (χ2n) is 6.01. The van der Waals surface area contributed by atoms with Crippen molar-refractivity contribution in [2.45, 2.75) is 38.6 Å². The summed E-state index contributed by atoms with van der Waals surface area (Å²) >= 11 is 0. The van der Waals surface area contributed by atoms with Gasteiger partial charge in [0.15, 0.2) is 0 Å². The second-order valence-corrected chi connectivity index (χ2v) is 6.01. The van der Waals surface area contributed by atoms with Crippen LogP contribution in [-0.4, -0.2) is 22.5 Å². The Hall–Kier alpha value is -2.74. The number of hydrogen-bond acceptors (Lipinski definition) is 4. The Balaban J connectivity index is 1.88. The molecule has 2 heterocycles. The van der Waals surface area contributed by atoms with E-state index in [9.17, 15) is 9.90 Å². The maximum Gasteiger partial charge on any atom is 0.254 e. The largest absolute Gasteiger partial charge is 0.507 e. The minimum atomic E-state index is -0.164. The molecule has 2 aromatic rings. The average Bonchev–Trinajstić information content (AvgIpc) is 3.10. The molecule has 1 N–H and O–H groups in total. The first kappa shape index (κ1) is 16.1. The van der Waals surface area contributed by atoms with E-state index >= 15 is 0 Å². The standard InChI is InChI=1S/C19H20N2O3/c1-2-15-8-9-18(24-15)16-5-3-4-10-21(16)19(23)13-6-7-14(12-20)17(22)11-13/h6-9,11,16,22H,2-5,10H2,1H3. The van der Waals surface area contributed by atoms with Crippen LogP contribution < -0.4 is 0 Å². The molecule has 1 unspecified atom stereocenters. The molecule has 1 aliphatic heterocycles. The fourth-order valence-corrected chi connectivity index (χ4v) is 3.16. The maximum absolute atomic E-state index is 12.9. The van der Waals surface area contributed by atoms with Gasteiger partial charge in [-0.05, 0) is 49.6 Å². The number of carbonyl (C=O) groups excluding carboxylic acids is 1. The van der Waals surface area contributed by atoms with Gasteiger partial charge in [0.05, 0.1) is 11.6 Å². The van der Waals surface area contributed by atoms with Crippen molar-refractivity contribution in [3.05, 3.63) is 53.0 Å². The Kier molecular flexibility index (Phi) is 4.57. The molecule has 1 saturated heterocycles. The predicted molar refractivity (Wildman–Crippen MR) is 88.5 cm³/mol. The Bertz CT molecular complexity index is 788. The van der Waals surface area contributed by atoms with E-state index in [2.05, 4.69) is 0 Å². The summed E-state index contributed by atoms with van der Waals surface area (Å²) in [6.45, 7) is 2.69. The molecule has 1 aromatic carbocycles. The van der Waals surface area contributed by atoms with Crippen LogP contribution in [0, 0.1) is 11.3 Å². The molecule has 1 fully saturated rings. The van der Waals surface area contributed by atoms with Gasteiger partial charge in [-0.3, -0.25) is 4.79 Å². The Morgan fingerprint density at radius 1 is 1.38 bits per heavy atom. The number of furan rings is 1. The number of nitriles is 1. The number of piperidine rings is 1. The maximum atomic E-state index is 12.9. The van der Waals surface area contributed by atoms with Gasteiger partial charge in [0, 0.05) is 18.5 Å². The number of rotatable bonds is 3. The first-order valence-electron chi connectivity index (χ1n) is 8.26. The van der Waals surface area contributed by atoms with Gasteiger partial charge < -0.3 is 14.4 Å². The van der Waals surface area contributed by atoms with E-state index < -0.39 is 0 Å². The third kappa shape index (κ3) is 3.00. The molecule has 1 atom stereocenters. The van der Waals surface area contributed by atoms with Gasteiger partial charge in [-0.2, -0.15) is 5.26 Å². The number of aryl methyl sites for hydroxylation is 1. The predicted octanol–water partition coefficient (Wildman–Crippen LogP) is 3.79. The van der Waals surface area contributed by atoms with E-state index in [-0.39, 0.29) is 23.3 Å². The van der Waals surface area contributed by atoms with Crippen molar-refractivity contribution in [1.82, 2.24) is 4.90 Å². The summed E-state index contributed by atoms with van der Waals surface area (Å²) in [7, 11) is 0. The van der Waals surface area contributed by atoms with E-state index in [1.165, 1.54) is 12.1 Å². The van der Waals surface area contributed by atoms with E-state index in [4.69, 9.17) is 9.68 Å². The summed E-state index contributed by atoms with van der Waals surface area (Å²) in [4.78, 5) is 14.7. The summed E-state index contributed by atoms with van der Waals surface area (Å²) in [5.74, 6) is 1.42. The third-order valence-corrected chi connectivity index (χ3v) is 4.49. The fourth-order valence-electron chi connectivity index (χ4n) is 3.16. The fraction of sp³-hybridized carbons (Fsp3) is 0.368. The van der Waals surface area contributed by atoms with Crippen molar-refractivity contribution in [2.24, 2.45) is 0 Å². The van der Waals surface area contributed by atoms with Crippen molar-refractivity contribution in [3.8, 4) is 11.8 Å². The van der Waals surface area contributed by atoms with Gasteiger partial charge in [0.25, 0.3) is 5.91 Å². The molecule has 5 heteroatoms. The average molecular weight is 324 g/mol. The number of phenols is 1. The molecule has 0 spiro atoms. The van der Waals surface area contributed by atoms with Crippen molar-refractivity contribution < 1.29 is 14.3 Å². The number of nitrogens with zero attached hydrogens (tertiary/aromatic N) is 2. The summed E-state index contributed by atoms with van der Waals surface area (Å²) < 4.78 is 5.86. The number of amides is 1. The summed E-state index contributed by atoms with van der Waals surface area (Å²) in [5.41, 5.74) is 0.557. The summed E-state index contributed by atoms with van der Waals surface area (Å²) in [6, 6.07) is 10.2. The van der Waals surface area contributed by atoms with Crippen LogP contribution in [0.5, 0.6) is 5.75 Å². The molecular formula is C19H20N2O3. The number of likely N-dealkylation sites (tertiary alicyclic amines) is 1. The van der Waals surface area contributed by atoms with Crippen LogP contribution in [0.3, 0.4) is 0 Å². The molecule has 0 radical (unpaired) electrons. The van der Waals surface area contributed by atoms with Gasteiger partial charge >= 0.3 is 0 Å². The van der Waals surface area contributed by atoms with Crippen molar-refractivity contribution in [2.75, 3.05) is 6.54 Å². The van der Waals surface area contributed by atoms with Gasteiger partial charge in [-0.1, -0.05) is 6.92 Å². The van der Waals surface area contributed by atoms with E-state index in [1.807, 2.05) is 30.0 Å². The van der Waals surface area contributed by atoms with Gasteiger partial charge in [-0.15, -0.1) is 0 Å². The number of carbonyl (C=O) groups is 1. The lowest BCUT2D eigenvalue weighted by molar-refractivity contribution is 0.0578. The Morgan fingerprint density at radius 2 is 2.21 bits per heavy atom. The van der Waals surface area contributed by atoms with Crippen LogP contribution in [0.25, 0.3) is 0 Å². The van der Waals surface area contributed by atoms with E-state index in [0.29, 0.717) is 12.1 Å². The van der Waals surface area contributed by atoms with E-state index in [1.54, 1.807) is 6.07 Å². The SMILES string of the molecule is CCc1ccc(C2CCCCN2C(=O)c2ccc(C#N)c(O)c2)o1. The topological polar surface area (TPSA) is 77.5 Å². The van der Waals surface area contributed by atoms with Crippen LogP contribution in [0.1, 0.15) is 59.7 Å². The highest BCUT2D eigenvalue weighted by Crippen LogP contribution is 2.33. The molecule has 5 nitrogen and oxygen atoms in total. The van der Waals surface area contributed by atoms with Crippen LogP contribution in [0.15, 0.2) is 34.7 Å². The first-order valence-corrected chi connectivity index (χ1v) is 8.26. The first-order chi connectivity index (χ1) is 11.6. The lowest BCUT2D eigenvalue weighted by atomic mass is 9.98. The molecule has 0 saturated carbocycles. The summed E-state index contributed by atoms with van der Waals surface area (Å²) in [6.07, 6.45) is 3.69. The molecule has 1 aliphatic rings. The molecule has 3 rings (SSSR count). The van der Waals surface area contributed by atoms with Gasteiger partial charge in [0.2, 0.25) is 0 Å². The minimum absolute atomic E-state index is 0.0793. The molecule has 1 aromatic heterocycles. The van der Waals surface area contributed by atoms with Crippen LogP contribution in [-0.2, 0) is 6.42 Å². The third-order valence-electron chi connectivity index (χ3n) is 4.49. The second kappa shape index (κ2) is 6.79. The lowest BCUT2D eigenvalue weighted by Gasteiger charge is -2.34. The van der Waals surface area contributed by atoms with Crippen molar-refractivity contribution in [3.63, 3.8) is 0 Å². The van der Waals surface area contributed by atoms with Crippen LogP contribution in [0.2, 0.25) is 0 Å². The number of aromatic hydroxyl groups is 1. The Morgan fingerprint density at radius 3 is 2.88 bits per heavy atom. The quantitative estimate of drug-likeness (QED) is 0.932. The molecular weight excluding hydrogens is 304 g/mol. The molecule has 124 valence electrons. The number of benzene rings is 1. The lowest BCUT2D eigenvalue weighted by Crippen LogP contribution is -2.38. The monoisotopic (exact) mass is 324 g/mol. The smallest absolute Gasteiger partial charge is 0.254 e. The van der Waals surface area contributed by atoms with Crippen molar-refractivity contribution in [1.29, 1.82) is 5.26 Å². The minimum Gasteiger partial charge on any atom is -0.507 e. The Labute approximate surface area is 141 Å². The molecule has 0 aliphatic carbocycles. The highest BCUT2D eigenvalue weighted by Gasteiger charge is 2.31. The molecule has 24 heavy (non-hydrogen) atoms. The number of phenolic OH excluding ortho intramolecular Hbond substituents is 1. The molecule has 0 bridgehead atoms. The zero-order chi connectivity index (χ0) is 17.1. The summed E-state index contributed by atoms with van der Waals surface area (Å²) in [5, 5.41) is 18.7. The molecule has 1 amide bonds. The van der Waals surface area contributed by atoms with Crippen molar-refractivity contribution >= 4 is 5.91 Å². The normalized spacial score (nSPS) is 17.5. The van der Waals surface area contributed by atoms with Crippen LogP contribution >= 0.6 is 0 Å². The van der Waals surface area contributed by atoms with Gasteiger partial charge in [0.1, 0.15) is 23.3 Å². The van der Waals surface area contributed by atoms with Gasteiger partial charge in [-0.25, -0.2) is 0 Å². The highest BCUT2D eigenvalue weighted by atomic mass is 16.3. The highest BCUT2D eigenvalue weighted by molar-refractivity contribution is 5.95. The number of hydrogen-bond donors (Lipinski definition) is 1. The zero-order valence-corrected chi connectivity index (χ0v) is 13.7.